The van der Waals surface area contributed by atoms with E-state index in [1.165, 1.54) is 6.07 Å². The van der Waals surface area contributed by atoms with E-state index < -0.39 is 10.0 Å². The maximum atomic E-state index is 12.1. The Hall–Kier alpha value is -1.18. The largest absolute Gasteiger partial charge is 0.329 e. The molecule has 118 valence electrons. The molecular weight excluding hydrogens is 290 g/mol. The molecular formula is C14H23N3O3S. The van der Waals surface area contributed by atoms with Crippen LogP contribution < -0.4 is 5.56 Å². The molecule has 0 amide bonds. The Morgan fingerprint density at radius 1 is 1.19 bits per heavy atom. The van der Waals surface area contributed by atoms with Crippen LogP contribution >= 0.6 is 0 Å². The zero-order chi connectivity index (χ0) is 15.3. The first-order chi connectivity index (χ1) is 10.0. The average molecular weight is 313 g/mol. The lowest BCUT2D eigenvalue weighted by Gasteiger charge is -2.34. The molecule has 1 saturated heterocycles. The highest BCUT2D eigenvalue weighted by Gasteiger charge is 2.26. The van der Waals surface area contributed by atoms with Crippen molar-refractivity contribution in [2.45, 2.75) is 26.3 Å². The van der Waals surface area contributed by atoms with Crippen molar-refractivity contribution in [3.05, 3.63) is 34.2 Å². The van der Waals surface area contributed by atoms with Gasteiger partial charge in [0.2, 0.25) is 15.6 Å². The number of sulfonamides is 1. The zero-order valence-electron chi connectivity index (χ0n) is 12.4. The molecule has 1 fully saturated rings. The molecule has 2 heterocycles. The van der Waals surface area contributed by atoms with Crippen LogP contribution in [0.1, 0.15) is 25.3 Å². The SMILES string of the molecule is CCCCS(=O)(=O)N1CCN(Cc2ccc(=O)[nH]c2)CC1. The van der Waals surface area contributed by atoms with E-state index in [9.17, 15) is 13.2 Å². The maximum absolute atomic E-state index is 12.1. The van der Waals surface area contributed by atoms with E-state index in [1.807, 2.05) is 13.0 Å². The first kappa shape index (κ1) is 16.2. The summed E-state index contributed by atoms with van der Waals surface area (Å²) in [6, 6.07) is 3.32. The fourth-order valence-corrected chi connectivity index (χ4v) is 4.05. The molecule has 0 aliphatic carbocycles. The Kier molecular flexibility index (Phi) is 5.55. The summed E-state index contributed by atoms with van der Waals surface area (Å²) in [6.45, 7) is 5.29. The van der Waals surface area contributed by atoms with Crippen LogP contribution in [0.4, 0.5) is 0 Å². The van der Waals surface area contributed by atoms with Gasteiger partial charge in [-0.1, -0.05) is 19.4 Å². The summed E-state index contributed by atoms with van der Waals surface area (Å²) in [6.07, 6.45) is 3.33. The minimum Gasteiger partial charge on any atom is -0.329 e. The van der Waals surface area contributed by atoms with Gasteiger partial charge in [-0.25, -0.2) is 8.42 Å². The van der Waals surface area contributed by atoms with E-state index in [0.717, 1.165) is 38.0 Å². The van der Waals surface area contributed by atoms with E-state index in [2.05, 4.69) is 9.88 Å². The Bertz CT molecular complexity index is 584. The predicted molar refractivity (Wildman–Crippen MR) is 82.6 cm³/mol. The van der Waals surface area contributed by atoms with Gasteiger partial charge in [-0.2, -0.15) is 4.31 Å². The van der Waals surface area contributed by atoms with Gasteiger partial charge in [-0.05, 0) is 12.0 Å². The highest BCUT2D eigenvalue weighted by Crippen LogP contribution is 2.12. The van der Waals surface area contributed by atoms with Gasteiger partial charge in [-0.15, -0.1) is 0 Å². The third kappa shape index (κ3) is 4.66. The molecule has 21 heavy (non-hydrogen) atoms. The van der Waals surface area contributed by atoms with Gasteiger partial charge in [0.1, 0.15) is 0 Å². The summed E-state index contributed by atoms with van der Waals surface area (Å²) in [5.74, 6) is 0.253. The number of pyridine rings is 1. The molecule has 7 heteroatoms. The van der Waals surface area contributed by atoms with Crippen LogP contribution in [0.25, 0.3) is 0 Å². The van der Waals surface area contributed by atoms with Crippen molar-refractivity contribution in [2.75, 3.05) is 31.9 Å². The van der Waals surface area contributed by atoms with E-state index >= 15 is 0 Å². The number of aromatic nitrogens is 1. The summed E-state index contributed by atoms with van der Waals surface area (Å²) in [5, 5.41) is 0. The fourth-order valence-electron chi connectivity index (χ4n) is 2.42. The van der Waals surface area contributed by atoms with Crippen molar-refractivity contribution in [3.63, 3.8) is 0 Å². The summed E-state index contributed by atoms with van der Waals surface area (Å²) in [7, 11) is -3.09. The van der Waals surface area contributed by atoms with Crippen molar-refractivity contribution in [1.82, 2.24) is 14.2 Å². The number of hydrogen-bond acceptors (Lipinski definition) is 4. The monoisotopic (exact) mass is 313 g/mol. The molecule has 0 aromatic carbocycles. The lowest BCUT2D eigenvalue weighted by Crippen LogP contribution is -2.48. The quantitative estimate of drug-likeness (QED) is 0.836. The third-order valence-electron chi connectivity index (χ3n) is 3.74. The number of H-pyrrole nitrogens is 1. The van der Waals surface area contributed by atoms with Crippen molar-refractivity contribution >= 4 is 10.0 Å². The standard InChI is InChI=1S/C14H23N3O3S/c1-2-3-10-21(19,20)17-8-6-16(7-9-17)12-13-4-5-14(18)15-11-13/h4-5,11H,2-3,6-10,12H2,1H3,(H,15,18). The Morgan fingerprint density at radius 3 is 2.48 bits per heavy atom. The number of nitrogens with zero attached hydrogens (tertiary/aromatic N) is 2. The van der Waals surface area contributed by atoms with E-state index in [0.29, 0.717) is 13.1 Å². The van der Waals surface area contributed by atoms with E-state index in [4.69, 9.17) is 0 Å². The molecule has 1 aliphatic heterocycles. The molecule has 1 aliphatic rings. The van der Waals surface area contributed by atoms with E-state index in [-0.39, 0.29) is 11.3 Å². The zero-order valence-corrected chi connectivity index (χ0v) is 13.2. The predicted octanol–water partition coefficient (Wildman–Crippen LogP) is 0.622. The minimum atomic E-state index is -3.09. The minimum absolute atomic E-state index is 0.106. The third-order valence-corrected chi connectivity index (χ3v) is 5.69. The van der Waals surface area contributed by atoms with Gasteiger partial charge in [0.25, 0.3) is 0 Å². The summed E-state index contributed by atoms with van der Waals surface area (Å²) < 4.78 is 25.8. The van der Waals surface area contributed by atoms with Crippen molar-refractivity contribution < 1.29 is 8.42 Å². The average Bonchev–Trinajstić information content (AvgIpc) is 2.48. The van der Waals surface area contributed by atoms with Crippen LogP contribution in [0.15, 0.2) is 23.1 Å². The molecule has 1 aromatic rings. The van der Waals surface area contributed by atoms with Crippen LogP contribution in [0.5, 0.6) is 0 Å². The van der Waals surface area contributed by atoms with Crippen LogP contribution in [-0.4, -0.2) is 54.5 Å². The highest BCUT2D eigenvalue weighted by atomic mass is 32.2. The van der Waals surface area contributed by atoms with Gasteiger partial charge in [-0.3, -0.25) is 9.69 Å². The number of hydrogen-bond donors (Lipinski definition) is 1. The number of piperazine rings is 1. The first-order valence-corrected chi connectivity index (χ1v) is 9.00. The smallest absolute Gasteiger partial charge is 0.247 e. The van der Waals surface area contributed by atoms with Crippen LogP contribution in [0.3, 0.4) is 0 Å². The Labute approximate surface area is 125 Å². The second kappa shape index (κ2) is 7.20. The first-order valence-electron chi connectivity index (χ1n) is 7.39. The molecule has 0 spiro atoms. The maximum Gasteiger partial charge on any atom is 0.247 e. The van der Waals surface area contributed by atoms with Gasteiger partial charge in [0.15, 0.2) is 0 Å². The highest BCUT2D eigenvalue weighted by molar-refractivity contribution is 7.89. The topological polar surface area (TPSA) is 73.5 Å². The Morgan fingerprint density at radius 2 is 1.90 bits per heavy atom. The number of nitrogens with one attached hydrogen (secondary N) is 1. The normalized spacial score (nSPS) is 18.0. The molecule has 0 radical (unpaired) electrons. The summed E-state index contributed by atoms with van der Waals surface area (Å²) >= 11 is 0. The molecule has 0 bridgehead atoms. The molecule has 2 rings (SSSR count). The molecule has 0 atom stereocenters. The van der Waals surface area contributed by atoms with Gasteiger partial charge < -0.3 is 4.98 Å². The number of unbranched alkanes of at least 4 members (excludes halogenated alkanes) is 1. The van der Waals surface area contributed by atoms with Crippen LogP contribution in [0, 0.1) is 0 Å². The van der Waals surface area contributed by atoms with Crippen molar-refractivity contribution in [1.29, 1.82) is 0 Å². The van der Waals surface area contributed by atoms with E-state index in [1.54, 1.807) is 10.5 Å². The lowest BCUT2D eigenvalue weighted by molar-refractivity contribution is 0.181. The second-order valence-corrected chi connectivity index (χ2v) is 7.49. The van der Waals surface area contributed by atoms with Crippen LogP contribution in [0.2, 0.25) is 0 Å². The fraction of sp³-hybridized carbons (Fsp3) is 0.643. The summed E-state index contributed by atoms with van der Waals surface area (Å²) in [5.41, 5.74) is 0.933. The summed E-state index contributed by atoms with van der Waals surface area (Å²) in [4.78, 5) is 15.9. The van der Waals surface area contributed by atoms with Gasteiger partial charge >= 0.3 is 0 Å². The van der Waals surface area contributed by atoms with Gasteiger partial charge in [0.05, 0.1) is 5.75 Å². The lowest BCUT2D eigenvalue weighted by atomic mass is 10.2. The van der Waals surface area contributed by atoms with Crippen molar-refractivity contribution in [2.24, 2.45) is 0 Å². The second-order valence-electron chi connectivity index (χ2n) is 5.41. The molecule has 6 nitrogen and oxygen atoms in total. The van der Waals surface area contributed by atoms with Gasteiger partial charge in [0, 0.05) is 45.0 Å². The molecule has 0 saturated carbocycles. The molecule has 1 aromatic heterocycles. The number of rotatable bonds is 6. The number of aromatic amines is 1. The molecule has 1 N–H and O–H groups in total. The molecule has 0 unspecified atom stereocenters. The Balaban J connectivity index is 1.85. The van der Waals surface area contributed by atoms with Crippen molar-refractivity contribution in [3.8, 4) is 0 Å². The van der Waals surface area contributed by atoms with Crippen LogP contribution in [-0.2, 0) is 16.6 Å².